The van der Waals surface area contributed by atoms with Gasteiger partial charge in [0.2, 0.25) is 5.88 Å². The summed E-state index contributed by atoms with van der Waals surface area (Å²) >= 11 is 0. The quantitative estimate of drug-likeness (QED) is 0.737. The molecule has 0 spiro atoms. The molecule has 1 aliphatic carbocycles. The summed E-state index contributed by atoms with van der Waals surface area (Å²) in [6, 6.07) is 7.61. The van der Waals surface area contributed by atoms with Crippen molar-refractivity contribution in [2.75, 3.05) is 13.2 Å². The van der Waals surface area contributed by atoms with Gasteiger partial charge in [-0.1, -0.05) is 6.07 Å². The van der Waals surface area contributed by atoms with Crippen molar-refractivity contribution in [2.24, 2.45) is 0 Å². The van der Waals surface area contributed by atoms with Crippen LogP contribution in [0, 0.1) is 13.8 Å². The van der Waals surface area contributed by atoms with E-state index in [0.717, 1.165) is 29.8 Å². The molecule has 8 nitrogen and oxygen atoms in total. The largest absolute Gasteiger partial charge is 0.490 e. The van der Waals surface area contributed by atoms with Crippen LogP contribution in [0.15, 0.2) is 30.5 Å². The van der Waals surface area contributed by atoms with Crippen molar-refractivity contribution < 1.29 is 37.3 Å². The van der Waals surface area contributed by atoms with Crippen molar-refractivity contribution in [3.8, 4) is 5.88 Å². The predicted octanol–water partition coefficient (Wildman–Crippen LogP) is 3.11. The number of ether oxygens (including phenoxy) is 2. The van der Waals surface area contributed by atoms with Crippen LogP contribution in [0.5, 0.6) is 5.88 Å². The van der Waals surface area contributed by atoms with E-state index in [1.807, 2.05) is 43.0 Å². The maximum Gasteiger partial charge on any atom is 0.490 e. The molecule has 3 atom stereocenters. The highest BCUT2D eigenvalue weighted by Crippen LogP contribution is 2.33. The molecule has 0 unspecified atom stereocenters. The maximum absolute atomic E-state index is 13.0. The van der Waals surface area contributed by atoms with Crippen molar-refractivity contribution in [3.05, 3.63) is 47.4 Å². The molecule has 1 aliphatic heterocycles. The van der Waals surface area contributed by atoms with Crippen LogP contribution in [-0.2, 0) is 9.53 Å². The number of nitrogens with one attached hydrogen (secondary N) is 1. The number of hydrogen-bond donors (Lipinski definition) is 2. The van der Waals surface area contributed by atoms with E-state index in [1.165, 1.54) is 0 Å². The van der Waals surface area contributed by atoms with Gasteiger partial charge in [0, 0.05) is 30.2 Å². The van der Waals surface area contributed by atoms with E-state index in [4.69, 9.17) is 19.4 Å². The molecular weight excluding hydrogens is 431 g/mol. The number of H-pyrrole nitrogens is 1. The molecular formula is C21H24F3N3O5. The highest BCUT2D eigenvalue weighted by atomic mass is 19.4. The summed E-state index contributed by atoms with van der Waals surface area (Å²) in [5, 5.41) is 7.12. The zero-order valence-electron chi connectivity index (χ0n) is 17.6. The van der Waals surface area contributed by atoms with Crippen molar-refractivity contribution in [2.45, 2.75) is 51.1 Å². The summed E-state index contributed by atoms with van der Waals surface area (Å²) in [5.41, 5.74) is 2.69. The molecule has 1 saturated carbocycles. The molecule has 11 heteroatoms. The molecule has 3 heterocycles. The molecule has 2 aromatic rings. The van der Waals surface area contributed by atoms with Crippen LogP contribution in [0.3, 0.4) is 0 Å². The summed E-state index contributed by atoms with van der Waals surface area (Å²) < 4.78 is 43.7. The number of aryl methyl sites for hydroxylation is 2. The van der Waals surface area contributed by atoms with Crippen molar-refractivity contribution in [1.29, 1.82) is 0 Å². The number of carboxylic acids is 1. The van der Waals surface area contributed by atoms with Crippen LogP contribution in [0.4, 0.5) is 13.2 Å². The Hall–Kier alpha value is -3.08. The second kappa shape index (κ2) is 9.60. The summed E-state index contributed by atoms with van der Waals surface area (Å²) in [4.78, 5) is 31.3. The number of halogens is 3. The van der Waals surface area contributed by atoms with Crippen LogP contribution < -0.4 is 4.74 Å². The van der Waals surface area contributed by atoms with E-state index >= 15 is 0 Å². The number of morpholine rings is 1. The maximum atomic E-state index is 13.0. The third-order valence-corrected chi connectivity index (χ3v) is 5.33. The summed E-state index contributed by atoms with van der Waals surface area (Å²) in [5.74, 6) is -2.07. The van der Waals surface area contributed by atoms with Gasteiger partial charge in [-0.05, 0) is 38.8 Å². The molecule has 2 aromatic heterocycles. The number of aromatic nitrogens is 2. The van der Waals surface area contributed by atoms with Gasteiger partial charge in [-0.15, -0.1) is 0 Å². The molecule has 0 aromatic carbocycles. The van der Waals surface area contributed by atoms with Gasteiger partial charge in [-0.2, -0.15) is 13.2 Å². The Morgan fingerprint density at radius 2 is 2.00 bits per heavy atom. The zero-order valence-corrected chi connectivity index (χ0v) is 17.6. The van der Waals surface area contributed by atoms with E-state index < -0.39 is 12.1 Å². The van der Waals surface area contributed by atoms with E-state index in [9.17, 15) is 18.0 Å². The third-order valence-electron chi connectivity index (χ3n) is 5.33. The Balaban J connectivity index is 0.000000360. The lowest BCUT2D eigenvalue weighted by atomic mass is 10.1. The number of nitrogens with zero attached hydrogens (tertiary/aromatic N) is 2. The molecule has 2 N–H and O–H groups in total. The number of pyridine rings is 1. The molecule has 32 heavy (non-hydrogen) atoms. The Labute approximate surface area is 182 Å². The Morgan fingerprint density at radius 1 is 1.28 bits per heavy atom. The number of carbonyl (C=O) groups is 2. The van der Waals surface area contributed by atoms with E-state index in [0.29, 0.717) is 19.0 Å². The van der Waals surface area contributed by atoms with E-state index in [-0.39, 0.29) is 24.2 Å². The molecule has 2 aliphatic rings. The topological polar surface area (TPSA) is 105 Å². The zero-order chi connectivity index (χ0) is 23.5. The number of hydrogen-bond acceptors (Lipinski definition) is 5. The average molecular weight is 455 g/mol. The number of aliphatic carboxylic acids is 1. The molecule has 0 bridgehead atoms. The van der Waals surface area contributed by atoms with Gasteiger partial charge in [-0.25, -0.2) is 9.78 Å². The number of alkyl halides is 3. The minimum absolute atomic E-state index is 0.0598. The molecule has 2 fully saturated rings. The Morgan fingerprint density at radius 3 is 2.56 bits per heavy atom. The van der Waals surface area contributed by atoms with Crippen LogP contribution in [0.2, 0.25) is 0 Å². The van der Waals surface area contributed by atoms with E-state index in [2.05, 4.69) is 9.97 Å². The fourth-order valence-electron chi connectivity index (χ4n) is 3.97. The third kappa shape index (κ3) is 5.39. The number of carboxylic acid groups (broad SMARTS) is 1. The highest BCUT2D eigenvalue weighted by Gasteiger charge is 2.46. The number of aromatic amines is 1. The van der Waals surface area contributed by atoms with Gasteiger partial charge in [-0.3, -0.25) is 4.79 Å². The first-order valence-corrected chi connectivity index (χ1v) is 10.0. The fourth-order valence-corrected chi connectivity index (χ4v) is 3.97. The average Bonchev–Trinajstić information content (AvgIpc) is 3.30. The normalized spacial score (nSPS) is 22.5. The number of fused-ring (bicyclic) bond motifs is 1. The fraction of sp³-hybridized carbons (Fsp3) is 0.476. The highest BCUT2D eigenvalue weighted by molar-refractivity contribution is 5.96. The van der Waals surface area contributed by atoms with Crippen molar-refractivity contribution in [1.82, 2.24) is 14.9 Å². The lowest BCUT2D eigenvalue weighted by Crippen LogP contribution is -2.54. The minimum Gasteiger partial charge on any atom is -0.475 e. The monoisotopic (exact) mass is 455 g/mol. The summed E-state index contributed by atoms with van der Waals surface area (Å²) in [6.45, 7) is 5.08. The van der Waals surface area contributed by atoms with Gasteiger partial charge in [0.1, 0.15) is 12.2 Å². The molecule has 0 radical (unpaired) electrons. The SMILES string of the molecule is Cc1cc(C(=O)N2CCO[C@H]3[C@@H](Oc4ccccn4)CC[C@@H]32)c(C)[nH]1.O=C(O)C(F)(F)F. The van der Waals surface area contributed by atoms with Crippen LogP contribution in [-0.4, -0.2) is 69.4 Å². The predicted molar refractivity (Wildman–Crippen MR) is 106 cm³/mol. The number of rotatable bonds is 3. The molecule has 1 amide bonds. The molecule has 1 saturated heterocycles. The molecule has 4 rings (SSSR count). The lowest BCUT2D eigenvalue weighted by molar-refractivity contribution is -0.192. The van der Waals surface area contributed by atoms with Gasteiger partial charge in [0.05, 0.1) is 18.2 Å². The van der Waals surface area contributed by atoms with Crippen LogP contribution in [0.25, 0.3) is 0 Å². The van der Waals surface area contributed by atoms with Gasteiger partial charge in [0.15, 0.2) is 0 Å². The first kappa shape index (κ1) is 23.6. The van der Waals surface area contributed by atoms with Crippen LogP contribution >= 0.6 is 0 Å². The Bertz CT molecular complexity index is 948. The molecule has 174 valence electrons. The summed E-state index contributed by atoms with van der Waals surface area (Å²) in [7, 11) is 0. The van der Waals surface area contributed by atoms with Crippen molar-refractivity contribution >= 4 is 11.9 Å². The number of amides is 1. The van der Waals surface area contributed by atoms with E-state index in [1.54, 1.807) is 6.20 Å². The van der Waals surface area contributed by atoms with Gasteiger partial charge in [0.25, 0.3) is 5.91 Å². The second-order valence-corrected chi connectivity index (χ2v) is 7.60. The standard InChI is InChI=1S/C19H23N3O3.C2HF3O2/c1-12-11-14(13(2)21-12)19(23)22-9-10-24-18-15(22)6-7-16(18)25-17-5-3-4-8-20-17;3-2(4,5)1(6)7/h3-5,8,11,15-16,18,21H,6-7,9-10H2,1-2H3;(H,6,7)/t15-,16-,18+;/m0./s1. The van der Waals surface area contributed by atoms with Crippen LogP contribution in [0.1, 0.15) is 34.6 Å². The van der Waals surface area contributed by atoms with Gasteiger partial charge < -0.3 is 24.5 Å². The minimum atomic E-state index is -5.08. The lowest BCUT2D eigenvalue weighted by Gasteiger charge is -2.39. The number of carbonyl (C=O) groups excluding carboxylic acids is 1. The van der Waals surface area contributed by atoms with Gasteiger partial charge >= 0.3 is 12.1 Å². The Kier molecular flexibility index (Phi) is 7.07. The second-order valence-electron chi connectivity index (χ2n) is 7.60. The first-order chi connectivity index (χ1) is 15.1. The smallest absolute Gasteiger partial charge is 0.475 e. The summed E-state index contributed by atoms with van der Waals surface area (Å²) in [6.07, 6.45) is -1.78. The first-order valence-electron chi connectivity index (χ1n) is 10.0. The van der Waals surface area contributed by atoms with Crippen molar-refractivity contribution in [3.63, 3.8) is 0 Å².